The van der Waals surface area contributed by atoms with E-state index in [1.165, 1.54) is 20.3 Å². The van der Waals surface area contributed by atoms with Crippen molar-refractivity contribution < 1.29 is 17.9 Å². The molecule has 8 heteroatoms. The van der Waals surface area contributed by atoms with Crippen LogP contribution >= 0.6 is 12.4 Å². The summed E-state index contributed by atoms with van der Waals surface area (Å²) in [5.41, 5.74) is 5.64. The van der Waals surface area contributed by atoms with Gasteiger partial charge in [0.2, 0.25) is 10.0 Å². The Hall–Kier alpha value is -1.02. The number of nitrogens with one attached hydrogen (secondary N) is 1. The van der Waals surface area contributed by atoms with Gasteiger partial charge >= 0.3 is 0 Å². The Kier molecular flexibility index (Phi) is 6.27. The second-order valence-corrected chi connectivity index (χ2v) is 6.50. The van der Waals surface area contributed by atoms with Crippen LogP contribution in [-0.2, 0) is 10.0 Å². The smallest absolute Gasteiger partial charge is 0.244 e. The summed E-state index contributed by atoms with van der Waals surface area (Å²) in [6, 6.07) is 4.44. The van der Waals surface area contributed by atoms with Crippen LogP contribution in [0.3, 0.4) is 0 Å². The molecule has 1 unspecified atom stereocenters. The first-order chi connectivity index (χ1) is 9.51. The third-order valence-corrected chi connectivity index (χ3v) is 4.92. The zero-order valence-electron chi connectivity index (χ0n) is 12.0. The second kappa shape index (κ2) is 7.31. The maximum atomic E-state index is 12.5. The van der Waals surface area contributed by atoms with Gasteiger partial charge in [-0.25, -0.2) is 13.1 Å². The molecular weight excluding hydrogens is 316 g/mol. The molecule has 1 aromatic carbocycles. The highest BCUT2D eigenvalue weighted by Gasteiger charge is 2.34. The molecular formula is C13H21ClN2O4S. The molecule has 1 aliphatic rings. The highest BCUT2D eigenvalue weighted by molar-refractivity contribution is 7.89. The minimum atomic E-state index is -3.69. The predicted octanol–water partition coefficient (Wildman–Crippen LogP) is 1.14. The van der Waals surface area contributed by atoms with Gasteiger partial charge in [0.1, 0.15) is 16.4 Å². The van der Waals surface area contributed by atoms with E-state index in [1.807, 2.05) is 0 Å². The minimum absolute atomic E-state index is 0. The van der Waals surface area contributed by atoms with Crippen LogP contribution in [0.4, 0.5) is 0 Å². The van der Waals surface area contributed by atoms with Gasteiger partial charge in [-0.3, -0.25) is 0 Å². The van der Waals surface area contributed by atoms with Gasteiger partial charge in [0.05, 0.1) is 14.2 Å². The standard InChI is InChI=1S/C13H20N2O4S.ClH/c1-18-10-5-6-12(19-2)13(7-10)20(16,17)15-11(8-14)9-3-4-9;/h5-7,9,11,15H,3-4,8,14H2,1-2H3;1H. The third kappa shape index (κ3) is 4.23. The molecule has 1 aliphatic carbocycles. The zero-order chi connectivity index (χ0) is 14.8. The minimum Gasteiger partial charge on any atom is -0.497 e. The van der Waals surface area contributed by atoms with Crippen molar-refractivity contribution in [1.82, 2.24) is 4.72 Å². The molecule has 120 valence electrons. The molecule has 1 saturated carbocycles. The number of methoxy groups -OCH3 is 2. The Morgan fingerprint density at radius 3 is 2.48 bits per heavy atom. The lowest BCUT2D eigenvalue weighted by atomic mass is 10.2. The predicted molar refractivity (Wildman–Crippen MR) is 82.7 cm³/mol. The molecule has 2 rings (SSSR count). The number of benzene rings is 1. The quantitative estimate of drug-likeness (QED) is 0.779. The Morgan fingerprint density at radius 2 is 2.00 bits per heavy atom. The van der Waals surface area contributed by atoms with E-state index in [0.717, 1.165) is 12.8 Å². The number of nitrogens with two attached hydrogens (primary N) is 1. The number of ether oxygens (including phenoxy) is 2. The van der Waals surface area contributed by atoms with Crippen LogP contribution in [-0.4, -0.2) is 35.2 Å². The molecule has 1 aromatic rings. The summed E-state index contributed by atoms with van der Waals surface area (Å²) in [5, 5.41) is 0. The van der Waals surface area contributed by atoms with Gasteiger partial charge in [-0.05, 0) is 30.9 Å². The van der Waals surface area contributed by atoms with Crippen LogP contribution in [0.1, 0.15) is 12.8 Å². The fraction of sp³-hybridized carbons (Fsp3) is 0.538. The molecule has 0 aromatic heterocycles. The Labute approximate surface area is 131 Å². The van der Waals surface area contributed by atoms with E-state index < -0.39 is 10.0 Å². The summed E-state index contributed by atoms with van der Waals surface area (Å²) < 4.78 is 37.8. The van der Waals surface area contributed by atoms with Crippen molar-refractivity contribution in [3.63, 3.8) is 0 Å². The van der Waals surface area contributed by atoms with E-state index in [-0.39, 0.29) is 35.6 Å². The highest BCUT2D eigenvalue weighted by Crippen LogP contribution is 2.34. The summed E-state index contributed by atoms with van der Waals surface area (Å²) in [6.45, 7) is 0.288. The van der Waals surface area contributed by atoms with E-state index >= 15 is 0 Å². The van der Waals surface area contributed by atoms with Gasteiger partial charge in [0, 0.05) is 18.7 Å². The van der Waals surface area contributed by atoms with Gasteiger partial charge in [-0.2, -0.15) is 0 Å². The fourth-order valence-corrected chi connectivity index (χ4v) is 3.59. The van der Waals surface area contributed by atoms with Crippen molar-refractivity contribution in [2.45, 2.75) is 23.8 Å². The average molecular weight is 337 g/mol. The lowest BCUT2D eigenvalue weighted by Gasteiger charge is -2.18. The van der Waals surface area contributed by atoms with Crippen LogP contribution in [0.15, 0.2) is 23.1 Å². The first kappa shape index (κ1) is 18.0. The van der Waals surface area contributed by atoms with E-state index in [1.54, 1.807) is 12.1 Å². The molecule has 0 heterocycles. The second-order valence-electron chi connectivity index (χ2n) is 4.82. The van der Waals surface area contributed by atoms with E-state index in [9.17, 15) is 8.42 Å². The topological polar surface area (TPSA) is 90.6 Å². The van der Waals surface area contributed by atoms with Crippen LogP contribution in [0.25, 0.3) is 0 Å². The first-order valence-corrected chi connectivity index (χ1v) is 7.94. The molecule has 3 N–H and O–H groups in total. The summed E-state index contributed by atoms with van der Waals surface area (Å²) in [7, 11) is -0.770. The van der Waals surface area contributed by atoms with Gasteiger partial charge in [-0.15, -0.1) is 12.4 Å². The van der Waals surface area contributed by atoms with Gasteiger partial charge in [0.15, 0.2) is 0 Å². The first-order valence-electron chi connectivity index (χ1n) is 6.46. The SMILES string of the molecule is COc1ccc(OC)c(S(=O)(=O)NC(CN)C2CC2)c1.Cl. The molecule has 0 saturated heterocycles. The molecule has 0 radical (unpaired) electrons. The maximum Gasteiger partial charge on any atom is 0.244 e. The fourth-order valence-electron chi connectivity index (χ4n) is 2.09. The molecule has 1 fully saturated rings. The monoisotopic (exact) mass is 336 g/mol. The van der Waals surface area contributed by atoms with Gasteiger partial charge < -0.3 is 15.2 Å². The number of hydrogen-bond acceptors (Lipinski definition) is 5. The van der Waals surface area contributed by atoms with E-state index in [4.69, 9.17) is 15.2 Å². The summed E-state index contributed by atoms with van der Waals surface area (Å²) in [4.78, 5) is 0.0680. The number of rotatable bonds is 7. The van der Waals surface area contributed by atoms with Crippen molar-refractivity contribution in [2.75, 3.05) is 20.8 Å². The largest absolute Gasteiger partial charge is 0.497 e. The molecule has 0 aliphatic heterocycles. The number of halogens is 1. The van der Waals surface area contributed by atoms with Crippen LogP contribution in [0.5, 0.6) is 11.5 Å². The zero-order valence-corrected chi connectivity index (χ0v) is 13.7. The molecule has 21 heavy (non-hydrogen) atoms. The summed E-state index contributed by atoms with van der Waals surface area (Å²) in [6.07, 6.45) is 2.03. The van der Waals surface area contributed by atoms with Crippen LogP contribution < -0.4 is 19.9 Å². The molecule has 1 atom stereocenters. The normalized spacial score (nSPS) is 16.0. The van der Waals surface area contributed by atoms with Crippen molar-refractivity contribution >= 4 is 22.4 Å². The number of sulfonamides is 1. The van der Waals surface area contributed by atoms with E-state index in [0.29, 0.717) is 11.7 Å². The van der Waals surface area contributed by atoms with Gasteiger partial charge in [0.25, 0.3) is 0 Å². The van der Waals surface area contributed by atoms with Crippen molar-refractivity contribution in [3.05, 3.63) is 18.2 Å². The molecule has 0 bridgehead atoms. The Balaban J connectivity index is 0.00000220. The molecule has 6 nitrogen and oxygen atoms in total. The number of hydrogen-bond donors (Lipinski definition) is 2. The highest BCUT2D eigenvalue weighted by atomic mass is 35.5. The lowest BCUT2D eigenvalue weighted by Crippen LogP contribution is -2.41. The van der Waals surface area contributed by atoms with Crippen molar-refractivity contribution in [1.29, 1.82) is 0 Å². The Bertz CT molecular complexity index is 576. The van der Waals surface area contributed by atoms with E-state index in [2.05, 4.69) is 4.72 Å². The molecule has 0 spiro atoms. The Morgan fingerprint density at radius 1 is 1.33 bits per heavy atom. The van der Waals surface area contributed by atoms with Gasteiger partial charge in [-0.1, -0.05) is 0 Å². The summed E-state index contributed by atoms with van der Waals surface area (Å²) in [5.74, 6) is 1.08. The third-order valence-electron chi connectivity index (χ3n) is 3.41. The summed E-state index contributed by atoms with van der Waals surface area (Å²) >= 11 is 0. The average Bonchev–Trinajstić information content (AvgIpc) is 3.28. The van der Waals surface area contributed by atoms with Crippen LogP contribution in [0, 0.1) is 5.92 Å². The maximum absolute atomic E-state index is 12.5. The van der Waals surface area contributed by atoms with Crippen LogP contribution in [0.2, 0.25) is 0 Å². The molecule has 0 amide bonds. The lowest BCUT2D eigenvalue weighted by molar-refractivity contribution is 0.391. The van der Waals surface area contributed by atoms with Crippen molar-refractivity contribution in [3.8, 4) is 11.5 Å². The van der Waals surface area contributed by atoms with Crippen molar-refractivity contribution in [2.24, 2.45) is 11.7 Å².